The first-order valence-corrected chi connectivity index (χ1v) is 5.39. The van der Waals surface area contributed by atoms with Crippen LogP contribution in [0, 0.1) is 0 Å². The molecule has 1 aromatic rings. The Bertz CT molecular complexity index is 421. The number of fused-ring (bicyclic) bond motifs is 1. The van der Waals surface area contributed by atoms with E-state index < -0.39 is 0 Å². The Morgan fingerprint density at radius 2 is 2.06 bits per heavy atom. The second kappa shape index (κ2) is 4.84. The van der Waals surface area contributed by atoms with Gasteiger partial charge in [-0.25, -0.2) is 0 Å². The van der Waals surface area contributed by atoms with Gasteiger partial charge in [0.15, 0.2) is 11.5 Å². The van der Waals surface area contributed by atoms with Crippen molar-refractivity contribution < 1.29 is 14.3 Å². The molecule has 2 rings (SSSR count). The second-order valence-corrected chi connectivity index (χ2v) is 3.59. The van der Waals surface area contributed by atoms with Crippen molar-refractivity contribution in [1.82, 2.24) is 0 Å². The second-order valence-electron chi connectivity index (χ2n) is 3.59. The number of aldehydes is 1. The third kappa shape index (κ3) is 2.24. The van der Waals surface area contributed by atoms with Gasteiger partial charge in [0.05, 0.1) is 0 Å². The predicted molar refractivity (Wildman–Crippen MR) is 61.8 cm³/mol. The van der Waals surface area contributed by atoms with E-state index in [1.54, 1.807) is 0 Å². The van der Waals surface area contributed by atoms with Gasteiger partial charge in [-0.15, -0.1) is 0 Å². The molecule has 0 fully saturated rings. The van der Waals surface area contributed by atoms with Gasteiger partial charge in [-0.05, 0) is 35.8 Å². The highest BCUT2D eigenvalue weighted by Gasteiger charge is 2.10. The smallest absolute Gasteiger partial charge is 0.161 e. The summed E-state index contributed by atoms with van der Waals surface area (Å²) < 4.78 is 10.9. The van der Waals surface area contributed by atoms with E-state index in [0.717, 1.165) is 35.3 Å². The molecule has 1 aliphatic heterocycles. The summed E-state index contributed by atoms with van der Waals surface area (Å²) >= 11 is 0. The monoisotopic (exact) mass is 218 g/mol. The summed E-state index contributed by atoms with van der Waals surface area (Å²) in [4.78, 5) is 10.7. The van der Waals surface area contributed by atoms with Gasteiger partial charge in [-0.1, -0.05) is 13.0 Å². The summed E-state index contributed by atoms with van der Waals surface area (Å²) in [5, 5.41) is 0. The van der Waals surface area contributed by atoms with Crippen LogP contribution in [-0.4, -0.2) is 19.5 Å². The zero-order valence-corrected chi connectivity index (χ0v) is 9.23. The minimum absolute atomic E-state index is 0.578. The minimum Gasteiger partial charge on any atom is -0.486 e. The summed E-state index contributed by atoms with van der Waals surface area (Å²) in [5.41, 5.74) is 1.74. The lowest BCUT2D eigenvalue weighted by atomic mass is 10.1. The maximum absolute atomic E-state index is 10.7. The van der Waals surface area contributed by atoms with E-state index in [9.17, 15) is 4.79 Å². The van der Waals surface area contributed by atoms with Crippen molar-refractivity contribution in [2.24, 2.45) is 0 Å². The van der Waals surface area contributed by atoms with E-state index in [4.69, 9.17) is 9.47 Å². The van der Waals surface area contributed by atoms with Crippen LogP contribution in [0.4, 0.5) is 0 Å². The average molecular weight is 218 g/mol. The molecular weight excluding hydrogens is 204 g/mol. The van der Waals surface area contributed by atoms with Gasteiger partial charge in [0, 0.05) is 0 Å². The van der Waals surface area contributed by atoms with Gasteiger partial charge in [-0.3, -0.25) is 4.79 Å². The number of allylic oxidation sites excluding steroid dienone is 1. The lowest BCUT2D eigenvalue weighted by molar-refractivity contribution is -0.104. The molecule has 0 bridgehead atoms. The first-order chi connectivity index (χ1) is 7.83. The predicted octanol–water partition coefficient (Wildman–Crippen LogP) is 2.45. The van der Waals surface area contributed by atoms with Crippen molar-refractivity contribution in [2.75, 3.05) is 13.2 Å². The van der Waals surface area contributed by atoms with Crippen molar-refractivity contribution in [2.45, 2.75) is 13.3 Å². The standard InChI is InChI=1S/C13H14O3/c1-2-10(9-14)7-11-3-4-12-13(8-11)16-6-5-15-12/h3-4,7-9H,2,5-6H2,1H3/b10-7+. The first-order valence-electron chi connectivity index (χ1n) is 5.39. The number of carbonyl (C=O) groups is 1. The van der Waals surface area contributed by atoms with Crippen molar-refractivity contribution in [1.29, 1.82) is 0 Å². The van der Waals surface area contributed by atoms with Crippen LogP contribution in [0.2, 0.25) is 0 Å². The van der Waals surface area contributed by atoms with E-state index in [1.807, 2.05) is 31.2 Å². The third-order valence-corrected chi connectivity index (χ3v) is 2.48. The fourth-order valence-corrected chi connectivity index (χ4v) is 1.58. The Kier molecular flexibility index (Phi) is 3.25. The van der Waals surface area contributed by atoms with E-state index in [0.29, 0.717) is 13.2 Å². The van der Waals surface area contributed by atoms with Crippen LogP contribution >= 0.6 is 0 Å². The summed E-state index contributed by atoms with van der Waals surface area (Å²) in [6.45, 7) is 3.13. The molecule has 0 saturated heterocycles. The van der Waals surface area contributed by atoms with Gasteiger partial charge < -0.3 is 9.47 Å². The molecule has 84 valence electrons. The van der Waals surface area contributed by atoms with Crippen LogP contribution in [0.5, 0.6) is 11.5 Å². The Hall–Kier alpha value is -1.77. The summed E-state index contributed by atoms with van der Waals surface area (Å²) in [5.74, 6) is 1.52. The Balaban J connectivity index is 2.29. The van der Waals surface area contributed by atoms with Crippen LogP contribution < -0.4 is 9.47 Å². The fraction of sp³-hybridized carbons (Fsp3) is 0.308. The molecule has 0 N–H and O–H groups in total. The molecule has 0 atom stereocenters. The van der Waals surface area contributed by atoms with Crippen molar-refractivity contribution in [3.8, 4) is 11.5 Å². The van der Waals surface area contributed by atoms with Crippen molar-refractivity contribution in [3.63, 3.8) is 0 Å². The molecule has 1 aromatic carbocycles. The zero-order valence-electron chi connectivity index (χ0n) is 9.23. The zero-order chi connectivity index (χ0) is 11.4. The fourth-order valence-electron chi connectivity index (χ4n) is 1.58. The Labute approximate surface area is 94.7 Å². The SMILES string of the molecule is CC/C(C=O)=C\c1ccc2c(c1)OCCO2. The van der Waals surface area contributed by atoms with Crippen LogP contribution in [0.3, 0.4) is 0 Å². The van der Waals surface area contributed by atoms with Crippen LogP contribution in [0.15, 0.2) is 23.8 Å². The number of hydrogen-bond donors (Lipinski definition) is 0. The highest BCUT2D eigenvalue weighted by Crippen LogP contribution is 2.31. The lowest BCUT2D eigenvalue weighted by Crippen LogP contribution is -2.15. The molecule has 0 saturated carbocycles. The topological polar surface area (TPSA) is 35.5 Å². The summed E-state index contributed by atoms with van der Waals surface area (Å²) in [6.07, 6.45) is 3.49. The maximum Gasteiger partial charge on any atom is 0.161 e. The van der Waals surface area contributed by atoms with Crippen LogP contribution in [0.1, 0.15) is 18.9 Å². The molecule has 0 spiro atoms. The molecule has 0 amide bonds. The maximum atomic E-state index is 10.7. The quantitative estimate of drug-likeness (QED) is 0.577. The molecule has 1 aliphatic rings. The van der Waals surface area contributed by atoms with Crippen molar-refractivity contribution >= 4 is 12.4 Å². The lowest BCUT2D eigenvalue weighted by Gasteiger charge is -2.18. The Morgan fingerprint density at radius 3 is 2.75 bits per heavy atom. The molecule has 16 heavy (non-hydrogen) atoms. The van der Waals surface area contributed by atoms with Gasteiger partial charge in [0.25, 0.3) is 0 Å². The largest absolute Gasteiger partial charge is 0.486 e. The van der Waals surface area contributed by atoms with E-state index in [2.05, 4.69) is 0 Å². The number of carbonyl (C=O) groups excluding carboxylic acids is 1. The average Bonchev–Trinajstić information content (AvgIpc) is 2.35. The van der Waals surface area contributed by atoms with Crippen LogP contribution in [-0.2, 0) is 4.79 Å². The summed E-state index contributed by atoms with van der Waals surface area (Å²) in [7, 11) is 0. The van der Waals surface area contributed by atoms with E-state index >= 15 is 0 Å². The molecule has 1 heterocycles. The summed E-state index contributed by atoms with van der Waals surface area (Å²) in [6, 6.07) is 5.69. The molecule has 0 unspecified atom stereocenters. The first kappa shape index (κ1) is 10.7. The molecule has 0 aliphatic carbocycles. The third-order valence-electron chi connectivity index (χ3n) is 2.48. The van der Waals surface area contributed by atoms with Gasteiger partial charge in [-0.2, -0.15) is 0 Å². The molecular formula is C13H14O3. The number of ether oxygens (including phenoxy) is 2. The van der Waals surface area contributed by atoms with Crippen LogP contribution in [0.25, 0.3) is 6.08 Å². The molecule has 3 nitrogen and oxygen atoms in total. The van der Waals surface area contributed by atoms with E-state index in [1.165, 1.54) is 0 Å². The highest BCUT2D eigenvalue weighted by molar-refractivity contribution is 5.81. The number of benzene rings is 1. The van der Waals surface area contributed by atoms with Gasteiger partial charge >= 0.3 is 0 Å². The molecule has 0 aromatic heterocycles. The molecule has 0 radical (unpaired) electrons. The van der Waals surface area contributed by atoms with Crippen molar-refractivity contribution in [3.05, 3.63) is 29.3 Å². The number of hydrogen-bond acceptors (Lipinski definition) is 3. The molecule has 3 heteroatoms. The Morgan fingerprint density at radius 1 is 1.31 bits per heavy atom. The normalized spacial score (nSPS) is 14.7. The van der Waals surface area contributed by atoms with Gasteiger partial charge in [0.1, 0.15) is 19.5 Å². The highest BCUT2D eigenvalue weighted by atomic mass is 16.6. The number of rotatable bonds is 3. The van der Waals surface area contributed by atoms with E-state index in [-0.39, 0.29) is 0 Å². The van der Waals surface area contributed by atoms with Gasteiger partial charge in [0.2, 0.25) is 0 Å². The minimum atomic E-state index is 0.578.